The van der Waals surface area contributed by atoms with Crippen molar-refractivity contribution in [3.05, 3.63) is 0 Å². The average Bonchev–Trinajstić information content (AvgIpc) is 2.88. The molecule has 1 heterocycles. The van der Waals surface area contributed by atoms with E-state index in [9.17, 15) is 0 Å². The van der Waals surface area contributed by atoms with Gasteiger partial charge in [-0.25, -0.2) is 0 Å². The molecule has 1 aliphatic heterocycles. The fourth-order valence-electron chi connectivity index (χ4n) is 2.77. The molecule has 1 saturated carbocycles. The van der Waals surface area contributed by atoms with Crippen molar-refractivity contribution in [2.45, 2.75) is 57.6 Å². The molecule has 17 heavy (non-hydrogen) atoms. The SMILES string of the molecule is CCCNC1CCC(OCC2CCOC2)CC1. The van der Waals surface area contributed by atoms with Crippen LogP contribution in [0.5, 0.6) is 0 Å². The smallest absolute Gasteiger partial charge is 0.0576 e. The van der Waals surface area contributed by atoms with E-state index >= 15 is 0 Å². The third-order valence-electron chi connectivity index (χ3n) is 3.95. The van der Waals surface area contributed by atoms with Crippen LogP contribution in [0.25, 0.3) is 0 Å². The molecule has 0 aromatic heterocycles. The summed E-state index contributed by atoms with van der Waals surface area (Å²) in [6.07, 6.45) is 7.96. The number of hydrogen-bond donors (Lipinski definition) is 1. The van der Waals surface area contributed by atoms with Crippen molar-refractivity contribution in [1.82, 2.24) is 5.32 Å². The van der Waals surface area contributed by atoms with Crippen molar-refractivity contribution in [3.63, 3.8) is 0 Å². The molecule has 1 saturated heterocycles. The molecule has 1 aliphatic carbocycles. The quantitative estimate of drug-likeness (QED) is 0.774. The number of nitrogens with one attached hydrogen (secondary N) is 1. The van der Waals surface area contributed by atoms with Crippen LogP contribution in [0.2, 0.25) is 0 Å². The molecule has 1 atom stereocenters. The molecule has 3 heteroatoms. The first-order valence-corrected chi connectivity index (χ1v) is 7.31. The van der Waals surface area contributed by atoms with Crippen molar-refractivity contribution in [2.75, 3.05) is 26.4 Å². The van der Waals surface area contributed by atoms with Gasteiger partial charge in [0.15, 0.2) is 0 Å². The van der Waals surface area contributed by atoms with Gasteiger partial charge in [0, 0.05) is 18.6 Å². The molecule has 2 rings (SSSR count). The summed E-state index contributed by atoms with van der Waals surface area (Å²) >= 11 is 0. The van der Waals surface area contributed by atoms with E-state index in [2.05, 4.69) is 12.2 Å². The Kier molecular flexibility index (Phi) is 5.75. The normalized spacial score (nSPS) is 34.1. The summed E-state index contributed by atoms with van der Waals surface area (Å²) in [4.78, 5) is 0. The van der Waals surface area contributed by atoms with Crippen molar-refractivity contribution < 1.29 is 9.47 Å². The van der Waals surface area contributed by atoms with Crippen LogP contribution in [0.15, 0.2) is 0 Å². The summed E-state index contributed by atoms with van der Waals surface area (Å²) in [5.74, 6) is 0.658. The second kappa shape index (κ2) is 7.34. The minimum absolute atomic E-state index is 0.510. The van der Waals surface area contributed by atoms with Crippen LogP contribution in [0.3, 0.4) is 0 Å². The first kappa shape index (κ1) is 13.3. The second-order valence-electron chi connectivity index (χ2n) is 5.49. The number of rotatable bonds is 6. The predicted octanol–water partition coefficient (Wildman–Crippen LogP) is 2.35. The van der Waals surface area contributed by atoms with E-state index in [1.807, 2.05) is 0 Å². The van der Waals surface area contributed by atoms with E-state index in [1.165, 1.54) is 38.5 Å². The monoisotopic (exact) mass is 241 g/mol. The fourth-order valence-corrected chi connectivity index (χ4v) is 2.77. The molecule has 1 N–H and O–H groups in total. The molecular weight excluding hydrogens is 214 g/mol. The molecule has 0 aromatic carbocycles. The van der Waals surface area contributed by atoms with Gasteiger partial charge in [0.1, 0.15) is 0 Å². The van der Waals surface area contributed by atoms with Crippen LogP contribution >= 0.6 is 0 Å². The maximum absolute atomic E-state index is 6.01. The summed E-state index contributed by atoms with van der Waals surface area (Å²) in [6, 6.07) is 0.740. The lowest BCUT2D eigenvalue weighted by Gasteiger charge is -2.29. The Morgan fingerprint density at radius 1 is 1.18 bits per heavy atom. The zero-order chi connectivity index (χ0) is 11.9. The van der Waals surface area contributed by atoms with Crippen LogP contribution in [0.1, 0.15) is 45.4 Å². The molecule has 2 fully saturated rings. The van der Waals surface area contributed by atoms with Gasteiger partial charge in [-0.05, 0) is 45.1 Å². The topological polar surface area (TPSA) is 30.5 Å². The maximum atomic E-state index is 6.01. The van der Waals surface area contributed by atoms with E-state index in [0.29, 0.717) is 12.0 Å². The van der Waals surface area contributed by atoms with Crippen LogP contribution in [-0.4, -0.2) is 38.5 Å². The molecule has 0 amide bonds. The second-order valence-corrected chi connectivity index (χ2v) is 5.49. The van der Waals surface area contributed by atoms with Crippen LogP contribution in [0.4, 0.5) is 0 Å². The van der Waals surface area contributed by atoms with Gasteiger partial charge in [0.25, 0.3) is 0 Å². The standard InChI is InChI=1S/C14H27NO2/c1-2-8-15-13-3-5-14(6-4-13)17-11-12-7-9-16-10-12/h12-15H,2-11H2,1H3. The van der Waals surface area contributed by atoms with Crippen LogP contribution < -0.4 is 5.32 Å². The zero-order valence-corrected chi connectivity index (χ0v) is 11.1. The van der Waals surface area contributed by atoms with Crippen molar-refractivity contribution >= 4 is 0 Å². The number of ether oxygens (including phenoxy) is 2. The van der Waals surface area contributed by atoms with Crippen LogP contribution in [0, 0.1) is 5.92 Å². The first-order chi connectivity index (χ1) is 8.38. The fraction of sp³-hybridized carbons (Fsp3) is 1.00. The van der Waals surface area contributed by atoms with Gasteiger partial charge in [0.2, 0.25) is 0 Å². The molecule has 0 radical (unpaired) electrons. The van der Waals surface area contributed by atoms with Gasteiger partial charge in [-0.3, -0.25) is 0 Å². The predicted molar refractivity (Wildman–Crippen MR) is 69.2 cm³/mol. The van der Waals surface area contributed by atoms with Gasteiger partial charge in [-0.2, -0.15) is 0 Å². The van der Waals surface area contributed by atoms with Gasteiger partial charge < -0.3 is 14.8 Å². The summed E-state index contributed by atoms with van der Waals surface area (Å²) in [5.41, 5.74) is 0. The molecule has 100 valence electrons. The summed E-state index contributed by atoms with van der Waals surface area (Å²) < 4.78 is 11.4. The molecule has 0 bridgehead atoms. The Morgan fingerprint density at radius 2 is 2.00 bits per heavy atom. The van der Waals surface area contributed by atoms with Crippen molar-refractivity contribution in [3.8, 4) is 0 Å². The molecule has 0 aromatic rings. The lowest BCUT2D eigenvalue weighted by atomic mass is 9.93. The molecule has 1 unspecified atom stereocenters. The third kappa shape index (κ3) is 4.57. The van der Waals surface area contributed by atoms with E-state index in [1.54, 1.807) is 0 Å². The van der Waals surface area contributed by atoms with E-state index in [4.69, 9.17) is 9.47 Å². The molecule has 0 spiro atoms. The minimum Gasteiger partial charge on any atom is -0.381 e. The Morgan fingerprint density at radius 3 is 2.65 bits per heavy atom. The minimum atomic E-state index is 0.510. The van der Waals surface area contributed by atoms with E-state index < -0.39 is 0 Å². The van der Waals surface area contributed by atoms with Crippen LogP contribution in [-0.2, 0) is 9.47 Å². The molecule has 2 aliphatic rings. The van der Waals surface area contributed by atoms with Crippen molar-refractivity contribution in [2.24, 2.45) is 5.92 Å². The summed E-state index contributed by atoms with van der Waals surface area (Å²) in [6.45, 7) is 6.15. The Hall–Kier alpha value is -0.120. The van der Waals surface area contributed by atoms with E-state index in [-0.39, 0.29) is 0 Å². The maximum Gasteiger partial charge on any atom is 0.0576 e. The highest BCUT2D eigenvalue weighted by Crippen LogP contribution is 2.23. The first-order valence-electron chi connectivity index (χ1n) is 7.31. The lowest BCUT2D eigenvalue weighted by Crippen LogP contribution is -2.36. The van der Waals surface area contributed by atoms with Crippen molar-refractivity contribution in [1.29, 1.82) is 0 Å². The van der Waals surface area contributed by atoms with Gasteiger partial charge in [-0.1, -0.05) is 6.92 Å². The summed E-state index contributed by atoms with van der Waals surface area (Å²) in [7, 11) is 0. The number of hydrogen-bond acceptors (Lipinski definition) is 3. The highest BCUT2D eigenvalue weighted by molar-refractivity contribution is 4.77. The highest BCUT2D eigenvalue weighted by atomic mass is 16.5. The molecule has 3 nitrogen and oxygen atoms in total. The van der Waals surface area contributed by atoms with E-state index in [0.717, 1.165) is 32.4 Å². The Labute approximate surface area is 105 Å². The highest BCUT2D eigenvalue weighted by Gasteiger charge is 2.23. The van der Waals surface area contributed by atoms with Gasteiger partial charge in [-0.15, -0.1) is 0 Å². The third-order valence-corrected chi connectivity index (χ3v) is 3.95. The zero-order valence-electron chi connectivity index (χ0n) is 11.1. The summed E-state index contributed by atoms with van der Waals surface area (Å²) in [5, 5.41) is 3.61. The Bertz CT molecular complexity index is 196. The Balaban J connectivity index is 1.55. The molecular formula is C14H27NO2. The van der Waals surface area contributed by atoms with Gasteiger partial charge in [0.05, 0.1) is 19.3 Å². The average molecular weight is 241 g/mol. The van der Waals surface area contributed by atoms with Gasteiger partial charge >= 0.3 is 0 Å². The lowest BCUT2D eigenvalue weighted by molar-refractivity contribution is 0.00141. The largest absolute Gasteiger partial charge is 0.381 e.